The summed E-state index contributed by atoms with van der Waals surface area (Å²) in [5, 5.41) is 10.8. The van der Waals surface area contributed by atoms with Gasteiger partial charge >= 0.3 is 0 Å². The second-order valence-electron chi connectivity index (χ2n) is 8.23. The minimum absolute atomic E-state index is 0.0906. The first-order valence-electron chi connectivity index (χ1n) is 11.6. The van der Waals surface area contributed by atoms with Crippen molar-refractivity contribution in [1.82, 2.24) is 9.80 Å². The predicted octanol–water partition coefficient (Wildman–Crippen LogP) is 3.40. The van der Waals surface area contributed by atoms with Crippen molar-refractivity contribution in [3.63, 3.8) is 0 Å². The van der Waals surface area contributed by atoms with Gasteiger partial charge in [0.2, 0.25) is 0 Å². The Balaban J connectivity index is 1.64. The standard InChI is InChI=1S/C27H30N2O5/c1-2-34-22-10-6-9-21(19-22)25-24(23(30)12-11-20-7-4-3-5-8-20)26(31)27(32)29(25)14-13-28-15-17-33-18-16-28/h3-12,19,25,31H,2,13-18H2,1H3. The Morgan fingerprint density at radius 1 is 1.12 bits per heavy atom. The van der Waals surface area contributed by atoms with Gasteiger partial charge in [-0.3, -0.25) is 14.5 Å². The minimum atomic E-state index is -0.693. The molecule has 0 spiro atoms. The summed E-state index contributed by atoms with van der Waals surface area (Å²) in [5.41, 5.74) is 1.67. The molecule has 2 aromatic carbocycles. The highest BCUT2D eigenvalue weighted by atomic mass is 16.5. The molecule has 1 saturated heterocycles. The molecule has 2 aliphatic heterocycles. The summed E-state index contributed by atoms with van der Waals surface area (Å²) in [6.07, 6.45) is 3.11. The van der Waals surface area contributed by atoms with Gasteiger partial charge in [-0.05, 0) is 36.3 Å². The zero-order chi connectivity index (χ0) is 23.9. The third-order valence-electron chi connectivity index (χ3n) is 6.04. The number of amides is 1. The van der Waals surface area contributed by atoms with Gasteiger partial charge in [0.25, 0.3) is 5.91 Å². The van der Waals surface area contributed by atoms with Gasteiger partial charge in [-0.25, -0.2) is 0 Å². The van der Waals surface area contributed by atoms with Crippen LogP contribution >= 0.6 is 0 Å². The number of aliphatic hydroxyl groups excluding tert-OH is 1. The lowest BCUT2D eigenvalue weighted by atomic mass is 9.95. The van der Waals surface area contributed by atoms with Crippen molar-refractivity contribution in [2.24, 2.45) is 0 Å². The molecule has 0 aromatic heterocycles. The van der Waals surface area contributed by atoms with Crippen LogP contribution in [-0.2, 0) is 14.3 Å². The van der Waals surface area contributed by atoms with Crippen LogP contribution in [-0.4, -0.2) is 72.6 Å². The fraction of sp³-hybridized carbons (Fsp3) is 0.333. The molecule has 0 radical (unpaired) electrons. The maximum atomic E-state index is 13.3. The Hall–Kier alpha value is -3.42. The summed E-state index contributed by atoms with van der Waals surface area (Å²) in [6.45, 7) is 6.30. The van der Waals surface area contributed by atoms with Crippen molar-refractivity contribution in [2.45, 2.75) is 13.0 Å². The number of aliphatic hydroxyl groups is 1. The van der Waals surface area contributed by atoms with Crippen LogP contribution in [0.15, 0.2) is 72.0 Å². The largest absolute Gasteiger partial charge is 0.503 e. The Morgan fingerprint density at radius 3 is 2.62 bits per heavy atom. The molecule has 1 fully saturated rings. The van der Waals surface area contributed by atoms with Gasteiger partial charge in [0, 0.05) is 26.2 Å². The van der Waals surface area contributed by atoms with Crippen LogP contribution in [0.2, 0.25) is 0 Å². The van der Waals surface area contributed by atoms with Crippen LogP contribution in [0.4, 0.5) is 0 Å². The second-order valence-corrected chi connectivity index (χ2v) is 8.23. The quantitative estimate of drug-likeness (QED) is 0.576. The van der Waals surface area contributed by atoms with Gasteiger partial charge in [0.15, 0.2) is 11.5 Å². The number of rotatable bonds is 9. The molecular formula is C27H30N2O5. The first kappa shape index (κ1) is 23.7. The minimum Gasteiger partial charge on any atom is -0.503 e. The number of carbonyl (C=O) groups is 2. The smallest absolute Gasteiger partial charge is 0.290 e. The van der Waals surface area contributed by atoms with Crippen LogP contribution in [0.5, 0.6) is 5.75 Å². The molecule has 2 heterocycles. The molecule has 1 amide bonds. The van der Waals surface area contributed by atoms with Crippen molar-refractivity contribution in [2.75, 3.05) is 46.0 Å². The second kappa shape index (κ2) is 11.1. The van der Waals surface area contributed by atoms with Crippen LogP contribution in [0.3, 0.4) is 0 Å². The Morgan fingerprint density at radius 2 is 1.88 bits per heavy atom. The average molecular weight is 463 g/mol. The number of benzene rings is 2. The van der Waals surface area contributed by atoms with Crippen LogP contribution in [0.1, 0.15) is 24.1 Å². The molecule has 178 valence electrons. The lowest BCUT2D eigenvalue weighted by Crippen LogP contribution is -2.43. The molecule has 0 aliphatic carbocycles. The van der Waals surface area contributed by atoms with Gasteiger partial charge in [-0.15, -0.1) is 0 Å². The first-order valence-corrected chi connectivity index (χ1v) is 11.6. The van der Waals surface area contributed by atoms with E-state index in [9.17, 15) is 14.7 Å². The number of ether oxygens (including phenoxy) is 2. The molecule has 0 saturated carbocycles. The van der Waals surface area contributed by atoms with E-state index in [1.165, 1.54) is 6.08 Å². The maximum absolute atomic E-state index is 13.3. The first-order chi connectivity index (χ1) is 16.6. The fourth-order valence-electron chi connectivity index (χ4n) is 4.32. The van der Waals surface area contributed by atoms with E-state index in [1.54, 1.807) is 11.0 Å². The van der Waals surface area contributed by atoms with E-state index in [0.717, 1.165) is 24.2 Å². The Bertz CT molecular complexity index is 1070. The number of hydrogen-bond donors (Lipinski definition) is 1. The molecular weight excluding hydrogens is 432 g/mol. The summed E-state index contributed by atoms with van der Waals surface area (Å²) in [7, 11) is 0. The van der Waals surface area contributed by atoms with E-state index >= 15 is 0 Å². The third kappa shape index (κ3) is 5.38. The molecule has 2 aliphatic rings. The van der Waals surface area contributed by atoms with Crippen molar-refractivity contribution >= 4 is 17.8 Å². The molecule has 34 heavy (non-hydrogen) atoms. The van der Waals surface area contributed by atoms with E-state index in [0.29, 0.717) is 38.7 Å². The van der Waals surface area contributed by atoms with Crippen molar-refractivity contribution in [3.8, 4) is 5.75 Å². The number of carbonyl (C=O) groups excluding carboxylic acids is 2. The zero-order valence-electron chi connectivity index (χ0n) is 19.4. The molecule has 1 atom stereocenters. The summed E-state index contributed by atoms with van der Waals surface area (Å²) in [4.78, 5) is 30.2. The SMILES string of the molecule is CCOc1cccc(C2C(C(=O)C=Cc3ccccc3)=C(O)C(=O)N2CCN2CCOCC2)c1. The Labute approximate surface area is 199 Å². The van der Waals surface area contributed by atoms with E-state index in [-0.39, 0.29) is 5.57 Å². The van der Waals surface area contributed by atoms with Crippen molar-refractivity contribution in [1.29, 1.82) is 0 Å². The van der Waals surface area contributed by atoms with Gasteiger partial charge in [-0.1, -0.05) is 48.5 Å². The summed E-state index contributed by atoms with van der Waals surface area (Å²) < 4.78 is 11.1. The average Bonchev–Trinajstić information content (AvgIpc) is 3.13. The zero-order valence-corrected chi connectivity index (χ0v) is 19.4. The van der Waals surface area contributed by atoms with Gasteiger partial charge in [-0.2, -0.15) is 0 Å². The third-order valence-corrected chi connectivity index (χ3v) is 6.04. The van der Waals surface area contributed by atoms with Gasteiger partial charge in [0.1, 0.15) is 5.75 Å². The van der Waals surface area contributed by atoms with Crippen molar-refractivity contribution in [3.05, 3.63) is 83.1 Å². The topological polar surface area (TPSA) is 79.3 Å². The molecule has 1 N–H and O–H groups in total. The highest BCUT2D eigenvalue weighted by molar-refractivity contribution is 6.14. The number of nitrogens with zero attached hydrogens (tertiary/aromatic N) is 2. The number of allylic oxidation sites excluding steroid dienone is 1. The lowest BCUT2D eigenvalue weighted by Gasteiger charge is -2.31. The van der Waals surface area contributed by atoms with E-state index in [1.807, 2.05) is 61.5 Å². The maximum Gasteiger partial charge on any atom is 0.290 e. The molecule has 7 heteroatoms. The normalized spacial score (nSPS) is 19.3. The number of ketones is 1. The summed E-state index contributed by atoms with van der Waals surface area (Å²) in [5.74, 6) is -0.762. The molecule has 7 nitrogen and oxygen atoms in total. The monoisotopic (exact) mass is 462 g/mol. The predicted molar refractivity (Wildman–Crippen MR) is 129 cm³/mol. The van der Waals surface area contributed by atoms with Gasteiger partial charge in [0.05, 0.1) is 31.4 Å². The molecule has 4 rings (SSSR count). The highest BCUT2D eigenvalue weighted by Gasteiger charge is 2.43. The molecule has 1 unspecified atom stereocenters. The van der Waals surface area contributed by atoms with Gasteiger partial charge < -0.3 is 19.5 Å². The summed E-state index contributed by atoms with van der Waals surface area (Å²) in [6, 6.07) is 16.1. The van der Waals surface area contributed by atoms with Crippen LogP contribution in [0, 0.1) is 0 Å². The molecule has 0 bridgehead atoms. The molecule has 2 aromatic rings. The fourth-order valence-corrected chi connectivity index (χ4v) is 4.32. The van der Waals surface area contributed by atoms with E-state index in [2.05, 4.69) is 4.90 Å². The van der Waals surface area contributed by atoms with Crippen LogP contribution < -0.4 is 4.74 Å². The van der Waals surface area contributed by atoms with E-state index < -0.39 is 23.5 Å². The Kier molecular flexibility index (Phi) is 7.77. The lowest BCUT2D eigenvalue weighted by molar-refractivity contribution is -0.129. The highest BCUT2D eigenvalue weighted by Crippen LogP contribution is 2.39. The number of morpholine rings is 1. The van der Waals surface area contributed by atoms with Crippen LogP contribution in [0.25, 0.3) is 6.08 Å². The van der Waals surface area contributed by atoms with Crippen molar-refractivity contribution < 1.29 is 24.2 Å². The van der Waals surface area contributed by atoms with E-state index in [4.69, 9.17) is 9.47 Å². The number of hydrogen-bond acceptors (Lipinski definition) is 6. The summed E-state index contributed by atoms with van der Waals surface area (Å²) >= 11 is 0.